The summed E-state index contributed by atoms with van der Waals surface area (Å²) in [7, 11) is 0. The Labute approximate surface area is 273 Å². The molecule has 0 spiro atoms. The van der Waals surface area contributed by atoms with Crippen molar-refractivity contribution in [2.45, 2.75) is 25.8 Å². The number of nitrogens with one attached hydrogen (secondary N) is 1. The topological polar surface area (TPSA) is 118 Å². The van der Waals surface area contributed by atoms with Crippen LogP contribution in [0.25, 0.3) is 21.3 Å². The molecule has 230 valence electrons. The highest BCUT2D eigenvalue weighted by Gasteiger charge is 2.26. The van der Waals surface area contributed by atoms with Crippen LogP contribution < -0.4 is 15.0 Å². The van der Waals surface area contributed by atoms with Gasteiger partial charge in [0.1, 0.15) is 5.75 Å². The zero-order valence-corrected chi connectivity index (χ0v) is 26.3. The highest BCUT2D eigenvalue weighted by atomic mass is 32.1. The first kappa shape index (κ1) is 29.6. The first-order valence-corrected chi connectivity index (χ1v) is 16.5. The Morgan fingerprint density at radius 3 is 2.61 bits per heavy atom. The van der Waals surface area contributed by atoms with Crippen LogP contribution in [0.15, 0.2) is 91.3 Å². The maximum absolute atomic E-state index is 13.4. The normalized spacial score (nSPS) is 12.6. The van der Waals surface area contributed by atoms with Crippen LogP contribution >= 0.6 is 22.7 Å². The Bertz CT molecular complexity index is 1990. The van der Waals surface area contributed by atoms with E-state index in [2.05, 4.69) is 25.2 Å². The fourth-order valence-electron chi connectivity index (χ4n) is 5.56. The Kier molecular flexibility index (Phi) is 8.41. The predicted molar refractivity (Wildman–Crippen MR) is 181 cm³/mol. The van der Waals surface area contributed by atoms with Crippen LogP contribution in [0, 0.1) is 0 Å². The lowest BCUT2D eigenvalue weighted by molar-refractivity contribution is 0.0690. The van der Waals surface area contributed by atoms with Crippen molar-refractivity contribution in [3.63, 3.8) is 0 Å². The summed E-state index contributed by atoms with van der Waals surface area (Å²) >= 11 is 2.84. The van der Waals surface area contributed by atoms with Gasteiger partial charge in [0, 0.05) is 35.9 Å². The fourth-order valence-corrected chi connectivity index (χ4v) is 7.54. The molecule has 0 bridgehead atoms. The highest BCUT2D eigenvalue weighted by molar-refractivity contribution is 7.22. The first-order valence-electron chi connectivity index (χ1n) is 14.9. The standard InChI is InChI=1S/C35H29N5O4S2/c41-32(39-34-37-28-9-1-2-10-29(28)45-34)26-8-3-6-23-16-18-40(21-27(23)26)35-38-31(33(42)43)30(46-35)11-5-19-44-25-14-12-22(13-15-25)24-7-4-17-36-20-24/h1-4,6-10,12-15,17,20H,5,11,16,18-19,21H2,(H,42,43)(H,37,39,41). The summed E-state index contributed by atoms with van der Waals surface area (Å²) in [6.45, 7) is 1.59. The molecule has 0 fully saturated rings. The molecule has 0 aliphatic carbocycles. The molecule has 1 aliphatic rings. The van der Waals surface area contributed by atoms with Crippen LogP contribution in [0.5, 0.6) is 5.75 Å². The van der Waals surface area contributed by atoms with Gasteiger partial charge in [-0.3, -0.25) is 15.1 Å². The summed E-state index contributed by atoms with van der Waals surface area (Å²) in [5, 5.41) is 14.1. The van der Waals surface area contributed by atoms with E-state index in [0.29, 0.717) is 53.2 Å². The number of benzene rings is 3. The second-order valence-corrected chi connectivity index (χ2v) is 12.9. The summed E-state index contributed by atoms with van der Waals surface area (Å²) in [6, 6.07) is 25.3. The molecule has 6 aromatic rings. The highest BCUT2D eigenvalue weighted by Crippen LogP contribution is 2.33. The molecule has 2 N–H and O–H groups in total. The summed E-state index contributed by atoms with van der Waals surface area (Å²) in [6.07, 6.45) is 5.47. The number of fused-ring (bicyclic) bond motifs is 2. The number of para-hydroxylation sites is 1. The molecule has 3 aromatic heterocycles. The van der Waals surface area contributed by atoms with Gasteiger partial charge in [-0.15, -0.1) is 11.3 Å². The molecule has 0 saturated heterocycles. The van der Waals surface area contributed by atoms with Gasteiger partial charge in [0.15, 0.2) is 16.0 Å². The van der Waals surface area contributed by atoms with E-state index < -0.39 is 5.97 Å². The molecule has 11 heteroatoms. The Balaban J connectivity index is 1.01. The predicted octanol–water partition coefficient (Wildman–Crippen LogP) is 7.34. The van der Waals surface area contributed by atoms with Crippen LogP contribution in [0.2, 0.25) is 0 Å². The van der Waals surface area contributed by atoms with E-state index in [-0.39, 0.29) is 11.6 Å². The average molecular weight is 648 g/mol. The fraction of sp³-hybridized carbons (Fsp3) is 0.171. The Morgan fingerprint density at radius 1 is 0.935 bits per heavy atom. The first-order chi connectivity index (χ1) is 22.5. The number of nitrogens with zero attached hydrogens (tertiary/aromatic N) is 4. The minimum absolute atomic E-state index is 0.0773. The monoisotopic (exact) mass is 647 g/mol. The molecule has 46 heavy (non-hydrogen) atoms. The number of aromatic carboxylic acids is 1. The number of carboxylic acids is 1. The summed E-state index contributed by atoms with van der Waals surface area (Å²) in [4.78, 5) is 41.6. The molecule has 1 amide bonds. The molecular weight excluding hydrogens is 619 g/mol. The number of amides is 1. The SMILES string of the molecule is O=C(Nc1nc2ccccc2s1)c1cccc2c1CN(c1nc(C(=O)O)c(CCCOc3ccc(-c4cccnc4)cc3)s1)CC2. The number of hydrogen-bond acceptors (Lipinski definition) is 9. The maximum Gasteiger partial charge on any atom is 0.355 e. The molecule has 0 atom stereocenters. The lowest BCUT2D eigenvalue weighted by Crippen LogP contribution is -2.32. The molecule has 0 saturated carbocycles. The summed E-state index contributed by atoms with van der Waals surface area (Å²) in [5.74, 6) is -0.501. The lowest BCUT2D eigenvalue weighted by Gasteiger charge is -2.29. The average Bonchev–Trinajstić information content (AvgIpc) is 3.71. The summed E-state index contributed by atoms with van der Waals surface area (Å²) in [5.41, 5.74) is 5.64. The molecule has 0 unspecified atom stereocenters. The lowest BCUT2D eigenvalue weighted by atomic mass is 9.94. The molecule has 7 rings (SSSR count). The van der Waals surface area contributed by atoms with Gasteiger partial charge in [-0.05, 0) is 77.9 Å². The molecule has 3 aromatic carbocycles. The number of carbonyl (C=O) groups is 2. The van der Waals surface area contributed by atoms with Crippen molar-refractivity contribution in [1.82, 2.24) is 15.0 Å². The van der Waals surface area contributed by atoms with E-state index in [1.165, 1.54) is 22.7 Å². The van der Waals surface area contributed by atoms with Gasteiger partial charge < -0.3 is 14.7 Å². The maximum atomic E-state index is 13.4. The number of thiazole rings is 2. The number of aryl methyl sites for hydroxylation is 1. The summed E-state index contributed by atoms with van der Waals surface area (Å²) < 4.78 is 6.95. The van der Waals surface area contributed by atoms with Gasteiger partial charge in [-0.2, -0.15) is 0 Å². The number of anilines is 2. The van der Waals surface area contributed by atoms with E-state index in [4.69, 9.17) is 4.74 Å². The molecular formula is C35H29N5O4S2. The Hall–Kier alpha value is -5.13. The third-order valence-electron chi connectivity index (χ3n) is 7.86. The number of rotatable bonds is 10. The number of carbonyl (C=O) groups excluding carboxylic acids is 1. The van der Waals surface area contributed by atoms with Crippen molar-refractivity contribution in [3.05, 3.63) is 119 Å². The second kappa shape index (κ2) is 13.1. The largest absolute Gasteiger partial charge is 0.494 e. The van der Waals surface area contributed by atoms with Gasteiger partial charge in [0.2, 0.25) is 0 Å². The van der Waals surface area contributed by atoms with Gasteiger partial charge in [0.05, 0.1) is 16.8 Å². The third-order valence-corrected chi connectivity index (χ3v) is 9.99. The van der Waals surface area contributed by atoms with Crippen LogP contribution in [0.3, 0.4) is 0 Å². The number of carboxylic acid groups (broad SMARTS) is 1. The second-order valence-electron chi connectivity index (χ2n) is 10.8. The van der Waals surface area contributed by atoms with E-state index >= 15 is 0 Å². The third kappa shape index (κ3) is 6.33. The van der Waals surface area contributed by atoms with Crippen molar-refractivity contribution in [2.24, 2.45) is 0 Å². The van der Waals surface area contributed by atoms with Crippen LogP contribution in [-0.4, -0.2) is 45.1 Å². The van der Waals surface area contributed by atoms with Crippen molar-refractivity contribution >= 4 is 55.0 Å². The van der Waals surface area contributed by atoms with Crippen molar-refractivity contribution in [3.8, 4) is 16.9 Å². The molecule has 1 aliphatic heterocycles. The smallest absolute Gasteiger partial charge is 0.355 e. The number of aromatic nitrogens is 3. The van der Waals surface area contributed by atoms with Gasteiger partial charge in [-0.1, -0.05) is 53.8 Å². The zero-order valence-electron chi connectivity index (χ0n) is 24.7. The quantitative estimate of drug-likeness (QED) is 0.148. The van der Waals surface area contributed by atoms with Crippen LogP contribution in [0.1, 0.15) is 43.3 Å². The van der Waals surface area contributed by atoms with Crippen molar-refractivity contribution < 1.29 is 19.4 Å². The van der Waals surface area contributed by atoms with E-state index in [9.17, 15) is 14.7 Å². The van der Waals surface area contributed by atoms with Gasteiger partial charge >= 0.3 is 5.97 Å². The minimum Gasteiger partial charge on any atom is -0.494 e. The van der Waals surface area contributed by atoms with Gasteiger partial charge in [0.25, 0.3) is 5.91 Å². The van der Waals surface area contributed by atoms with Crippen molar-refractivity contribution in [2.75, 3.05) is 23.4 Å². The van der Waals surface area contributed by atoms with Gasteiger partial charge in [-0.25, -0.2) is 14.8 Å². The minimum atomic E-state index is -1.04. The number of hydrogen-bond donors (Lipinski definition) is 2. The number of ether oxygens (including phenoxy) is 1. The number of pyridine rings is 1. The van der Waals surface area contributed by atoms with Crippen molar-refractivity contribution in [1.29, 1.82) is 0 Å². The van der Waals surface area contributed by atoms with E-state index in [0.717, 1.165) is 44.6 Å². The van der Waals surface area contributed by atoms with E-state index in [1.807, 2.05) is 85.1 Å². The molecule has 4 heterocycles. The van der Waals surface area contributed by atoms with Crippen LogP contribution in [0.4, 0.5) is 10.3 Å². The molecule has 9 nitrogen and oxygen atoms in total. The van der Waals surface area contributed by atoms with E-state index in [1.54, 1.807) is 6.20 Å². The molecule has 0 radical (unpaired) electrons. The Morgan fingerprint density at radius 2 is 1.80 bits per heavy atom. The zero-order chi connectivity index (χ0) is 31.5. The van der Waals surface area contributed by atoms with Crippen LogP contribution in [-0.2, 0) is 19.4 Å².